The summed E-state index contributed by atoms with van der Waals surface area (Å²) < 4.78 is 16.6. The van der Waals surface area contributed by atoms with Gasteiger partial charge >= 0.3 is 6.09 Å². The highest BCUT2D eigenvalue weighted by atomic mass is 19.1. The lowest BCUT2D eigenvalue weighted by molar-refractivity contribution is 0.1000. The Morgan fingerprint density at radius 2 is 2.03 bits per heavy atom. The van der Waals surface area contributed by atoms with Crippen molar-refractivity contribution in [3.63, 3.8) is 0 Å². The number of aryl methyl sites for hydroxylation is 1. The number of hydrogen-bond donors (Lipinski definition) is 5. The lowest BCUT2D eigenvalue weighted by Gasteiger charge is -2.38. The largest absolute Gasteiger partial charge is 0.465 e. The number of carbonyl (C=O) groups excluding carboxylic acids is 1. The maximum Gasteiger partial charge on any atom is 0.404 e. The van der Waals surface area contributed by atoms with Crippen LogP contribution >= 0.6 is 0 Å². The Morgan fingerprint density at radius 1 is 1.27 bits per heavy atom. The van der Waals surface area contributed by atoms with Gasteiger partial charge in [0.1, 0.15) is 5.82 Å². The van der Waals surface area contributed by atoms with Gasteiger partial charge in [-0.1, -0.05) is 6.42 Å². The van der Waals surface area contributed by atoms with E-state index in [9.17, 15) is 14.0 Å². The van der Waals surface area contributed by atoms with Crippen LogP contribution in [0.15, 0.2) is 30.5 Å². The molecule has 2 amide bonds. The van der Waals surface area contributed by atoms with Crippen LogP contribution in [0.2, 0.25) is 0 Å². The summed E-state index contributed by atoms with van der Waals surface area (Å²) in [4.78, 5) is 27.4. The molecule has 0 radical (unpaired) electrons. The normalized spacial score (nSPS) is 15.5. The molecule has 0 saturated heterocycles. The number of amides is 2. The first kappa shape index (κ1) is 22.3. The fourth-order valence-corrected chi connectivity index (χ4v) is 4.12. The van der Waals surface area contributed by atoms with Crippen LogP contribution in [0.25, 0.3) is 10.9 Å². The van der Waals surface area contributed by atoms with E-state index >= 15 is 0 Å². The molecular formula is C22H26FN7O3. The highest BCUT2D eigenvalue weighted by Crippen LogP contribution is 2.34. The average molecular weight is 455 g/mol. The van der Waals surface area contributed by atoms with E-state index in [1.165, 1.54) is 0 Å². The molecule has 1 aliphatic carbocycles. The molecule has 0 unspecified atom stereocenters. The molecule has 0 spiro atoms. The molecule has 33 heavy (non-hydrogen) atoms. The van der Waals surface area contributed by atoms with Gasteiger partial charge in [0.25, 0.3) is 5.91 Å². The highest BCUT2D eigenvalue weighted by molar-refractivity contribution is 5.99. The molecule has 1 aromatic carbocycles. The van der Waals surface area contributed by atoms with Crippen molar-refractivity contribution in [1.82, 2.24) is 20.1 Å². The second-order valence-corrected chi connectivity index (χ2v) is 8.35. The van der Waals surface area contributed by atoms with Gasteiger partial charge in [-0.05, 0) is 49.9 Å². The summed E-state index contributed by atoms with van der Waals surface area (Å²) in [7, 11) is 1.81. The molecule has 2 atom stereocenters. The summed E-state index contributed by atoms with van der Waals surface area (Å²) in [5, 5.41) is 22.8. The summed E-state index contributed by atoms with van der Waals surface area (Å²) in [5.74, 6) is -1.39. The predicted octanol–water partition coefficient (Wildman–Crippen LogP) is 3.19. The van der Waals surface area contributed by atoms with Crippen molar-refractivity contribution in [3.8, 4) is 0 Å². The zero-order valence-electron chi connectivity index (χ0n) is 18.3. The molecule has 1 saturated carbocycles. The first-order valence-corrected chi connectivity index (χ1v) is 10.7. The van der Waals surface area contributed by atoms with Gasteiger partial charge in [0, 0.05) is 24.2 Å². The Hall–Kier alpha value is -3.89. The first-order valence-electron chi connectivity index (χ1n) is 10.7. The number of anilines is 3. The molecule has 3 aromatic rings. The zero-order valence-corrected chi connectivity index (χ0v) is 18.3. The third kappa shape index (κ3) is 4.66. The molecule has 0 bridgehead atoms. The zero-order chi connectivity index (χ0) is 23.7. The van der Waals surface area contributed by atoms with Gasteiger partial charge in [-0.25, -0.2) is 14.2 Å². The standard InChI is InChI=1S/C22H26FN7O3/c1-11(26-22(32)33)18(12-4-3-5-12)28-21-16(23)9-15(19(24)31)20(29-21)27-14-7-6-13-10-25-30(2)17(13)8-14/h6-12,18,26H,3-5H2,1-2H3,(H2,24,31)(H,32,33)(H2,27,28,29)/t11-,18+/m0/s1. The Labute approximate surface area is 189 Å². The van der Waals surface area contributed by atoms with Gasteiger partial charge in [0.15, 0.2) is 11.6 Å². The Balaban J connectivity index is 1.67. The molecule has 174 valence electrons. The lowest BCUT2D eigenvalue weighted by atomic mass is 9.77. The second kappa shape index (κ2) is 8.93. The molecular weight excluding hydrogens is 429 g/mol. The number of benzene rings is 1. The number of nitrogens with two attached hydrogens (primary N) is 1. The number of rotatable bonds is 8. The highest BCUT2D eigenvalue weighted by Gasteiger charge is 2.33. The van der Waals surface area contributed by atoms with Crippen molar-refractivity contribution in [2.45, 2.75) is 38.3 Å². The number of nitrogens with one attached hydrogen (secondary N) is 3. The second-order valence-electron chi connectivity index (χ2n) is 8.35. The maximum atomic E-state index is 14.9. The first-order chi connectivity index (χ1) is 15.7. The van der Waals surface area contributed by atoms with Crippen LogP contribution in [-0.4, -0.2) is 44.0 Å². The van der Waals surface area contributed by atoms with Crippen molar-refractivity contribution in [3.05, 3.63) is 41.8 Å². The van der Waals surface area contributed by atoms with E-state index in [1.807, 2.05) is 19.2 Å². The van der Waals surface area contributed by atoms with Crippen molar-refractivity contribution >= 4 is 40.2 Å². The van der Waals surface area contributed by atoms with Gasteiger partial charge in [-0.3, -0.25) is 9.48 Å². The van der Waals surface area contributed by atoms with Crippen LogP contribution < -0.4 is 21.7 Å². The van der Waals surface area contributed by atoms with E-state index < -0.39 is 23.9 Å². The monoisotopic (exact) mass is 455 g/mol. The lowest BCUT2D eigenvalue weighted by Crippen LogP contribution is -2.50. The van der Waals surface area contributed by atoms with Crippen molar-refractivity contribution in [1.29, 1.82) is 0 Å². The summed E-state index contributed by atoms with van der Waals surface area (Å²) in [6.45, 7) is 1.72. The molecule has 4 rings (SSSR count). The number of carbonyl (C=O) groups is 2. The SMILES string of the molecule is C[C@H](NC(=O)O)[C@@H](Nc1nc(Nc2ccc3cnn(C)c3c2)c(C(N)=O)cc1F)C1CCC1. The average Bonchev–Trinajstić information content (AvgIpc) is 3.08. The number of primary amides is 1. The van der Waals surface area contributed by atoms with Crippen LogP contribution in [0.3, 0.4) is 0 Å². The van der Waals surface area contributed by atoms with Gasteiger partial charge in [0.05, 0.1) is 23.3 Å². The van der Waals surface area contributed by atoms with Gasteiger partial charge in [0.2, 0.25) is 0 Å². The predicted molar refractivity (Wildman–Crippen MR) is 122 cm³/mol. The number of fused-ring (bicyclic) bond motifs is 1. The van der Waals surface area contributed by atoms with Crippen LogP contribution in [0.5, 0.6) is 0 Å². The van der Waals surface area contributed by atoms with Gasteiger partial charge in [-0.2, -0.15) is 5.10 Å². The topological polar surface area (TPSA) is 147 Å². The van der Waals surface area contributed by atoms with Crippen LogP contribution in [0.1, 0.15) is 36.5 Å². The fourth-order valence-electron chi connectivity index (χ4n) is 4.12. The molecule has 1 aliphatic rings. The third-order valence-corrected chi connectivity index (χ3v) is 6.10. The Bertz CT molecular complexity index is 1210. The van der Waals surface area contributed by atoms with E-state index in [2.05, 4.69) is 26.0 Å². The molecule has 11 heteroatoms. The molecule has 1 fully saturated rings. The minimum absolute atomic E-state index is 0.0833. The summed E-state index contributed by atoms with van der Waals surface area (Å²) in [6, 6.07) is 5.69. The fraction of sp³-hybridized carbons (Fsp3) is 0.364. The third-order valence-electron chi connectivity index (χ3n) is 6.10. The van der Waals surface area contributed by atoms with E-state index in [4.69, 9.17) is 10.8 Å². The van der Waals surface area contributed by atoms with Crippen LogP contribution in [-0.2, 0) is 7.05 Å². The van der Waals surface area contributed by atoms with Crippen molar-refractivity contribution in [2.24, 2.45) is 18.7 Å². The van der Waals surface area contributed by atoms with Crippen LogP contribution in [0.4, 0.5) is 26.5 Å². The van der Waals surface area contributed by atoms with E-state index in [-0.39, 0.29) is 29.2 Å². The number of halogens is 1. The smallest absolute Gasteiger partial charge is 0.404 e. The van der Waals surface area contributed by atoms with Crippen LogP contribution in [0, 0.1) is 11.7 Å². The van der Waals surface area contributed by atoms with E-state index in [0.29, 0.717) is 5.69 Å². The number of hydrogen-bond acceptors (Lipinski definition) is 6. The maximum absolute atomic E-state index is 14.9. The molecule has 10 nitrogen and oxygen atoms in total. The quantitative estimate of drug-likeness (QED) is 0.350. The minimum Gasteiger partial charge on any atom is -0.465 e. The van der Waals surface area contributed by atoms with E-state index in [1.54, 1.807) is 23.9 Å². The summed E-state index contributed by atoms with van der Waals surface area (Å²) in [6.07, 6.45) is 3.42. The number of pyridine rings is 1. The van der Waals surface area contributed by atoms with Crippen molar-refractivity contribution < 1.29 is 19.1 Å². The van der Waals surface area contributed by atoms with Gasteiger partial charge < -0.3 is 26.8 Å². The molecule has 2 heterocycles. The number of carboxylic acid groups (broad SMARTS) is 1. The minimum atomic E-state index is -1.15. The Morgan fingerprint density at radius 3 is 2.67 bits per heavy atom. The summed E-state index contributed by atoms with van der Waals surface area (Å²) in [5.41, 5.74) is 6.86. The van der Waals surface area contributed by atoms with Crippen molar-refractivity contribution in [2.75, 3.05) is 10.6 Å². The molecule has 0 aliphatic heterocycles. The molecule has 2 aromatic heterocycles. The Kier molecular flexibility index (Phi) is 6.03. The molecule has 6 N–H and O–H groups in total. The number of nitrogens with zero attached hydrogens (tertiary/aromatic N) is 3. The summed E-state index contributed by atoms with van der Waals surface area (Å²) >= 11 is 0. The number of aromatic nitrogens is 3. The van der Waals surface area contributed by atoms with E-state index in [0.717, 1.165) is 36.2 Å². The van der Waals surface area contributed by atoms with Gasteiger partial charge in [-0.15, -0.1) is 0 Å².